The summed E-state index contributed by atoms with van der Waals surface area (Å²) in [5.74, 6) is -0.285. The quantitative estimate of drug-likeness (QED) is 0.759. The van der Waals surface area contributed by atoms with E-state index in [2.05, 4.69) is 0 Å². The Kier molecular flexibility index (Phi) is 4.53. The van der Waals surface area contributed by atoms with E-state index in [4.69, 9.17) is 5.11 Å². The lowest BCUT2D eigenvalue weighted by Gasteiger charge is -2.08. The number of carbonyl (C=O) groups is 1. The Morgan fingerprint density at radius 3 is 2.57 bits per heavy atom. The van der Waals surface area contributed by atoms with Crippen LogP contribution in [0.25, 0.3) is 0 Å². The highest BCUT2D eigenvalue weighted by Crippen LogP contribution is 2.21. The first-order valence-electron chi connectivity index (χ1n) is 4.64. The van der Waals surface area contributed by atoms with Crippen molar-refractivity contribution in [2.45, 2.75) is 18.2 Å². The Hall–Kier alpha value is -0.960. The normalized spacial score (nSPS) is 12.4. The minimum atomic E-state index is -0.698. The SMILES string of the molecule is CCC(CSc1ccccc1)C(=O)O. The summed E-state index contributed by atoms with van der Waals surface area (Å²) in [5.41, 5.74) is 0. The predicted octanol–water partition coefficient (Wildman–Crippen LogP) is 2.89. The number of carboxylic acids is 1. The second-order valence-electron chi connectivity index (χ2n) is 3.07. The van der Waals surface area contributed by atoms with Crippen LogP contribution >= 0.6 is 11.8 Å². The van der Waals surface area contributed by atoms with Gasteiger partial charge in [0.2, 0.25) is 0 Å². The number of hydrogen-bond acceptors (Lipinski definition) is 2. The van der Waals surface area contributed by atoms with Crippen LogP contribution in [0.5, 0.6) is 0 Å². The molecule has 0 aliphatic carbocycles. The van der Waals surface area contributed by atoms with E-state index in [-0.39, 0.29) is 5.92 Å². The first-order chi connectivity index (χ1) is 6.74. The van der Waals surface area contributed by atoms with Gasteiger partial charge in [-0.3, -0.25) is 4.79 Å². The largest absolute Gasteiger partial charge is 0.481 e. The van der Waals surface area contributed by atoms with E-state index in [9.17, 15) is 4.79 Å². The molecule has 2 nitrogen and oxygen atoms in total. The molecule has 76 valence electrons. The first kappa shape index (κ1) is 11.1. The molecule has 14 heavy (non-hydrogen) atoms. The maximum Gasteiger partial charge on any atom is 0.307 e. The van der Waals surface area contributed by atoms with Crippen LogP contribution in [0.15, 0.2) is 35.2 Å². The molecule has 1 N–H and O–H groups in total. The van der Waals surface area contributed by atoms with Gasteiger partial charge in [0, 0.05) is 10.6 Å². The smallest absolute Gasteiger partial charge is 0.307 e. The monoisotopic (exact) mass is 210 g/mol. The van der Waals surface area contributed by atoms with Crippen LogP contribution in [0.1, 0.15) is 13.3 Å². The van der Waals surface area contributed by atoms with Crippen LogP contribution in [-0.4, -0.2) is 16.8 Å². The summed E-state index contributed by atoms with van der Waals surface area (Å²) in [5, 5.41) is 8.84. The Labute approximate surface area is 88.3 Å². The summed E-state index contributed by atoms with van der Waals surface area (Å²) in [7, 11) is 0. The minimum Gasteiger partial charge on any atom is -0.481 e. The zero-order valence-corrected chi connectivity index (χ0v) is 8.96. The molecule has 0 aromatic heterocycles. The molecule has 1 atom stereocenters. The number of carboxylic acid groups (broad SMARTS) is 1. The van der Waals surface area contributed by atoms with E-state index < -0.39 is 5.97 Å². The van der Waals surface area contributed by atoms with Crippen molar-refractivity contribution < 1.29 is 9.90 Å². The van der Waals surface area contributed by atoms with Crippen molar-refractivity contribution in [3.05, 3.63) is 30.3 Å². The molecular weight excluding hydrogens is 196 g/mol. The Balaban J connectivity index is 2.44. The molecule has 1 unspecified atom stereocenters. The number of rotatable bonds is 5. The average molecular weight is 210 g/mol. The summed E-state index contributed by atoms with van der Waals surface area (Å²) in [4.78, 5) is 11.9. The molecule has 0 heterocycles. The molecule has 0 fully saturated rings. The van der Waals surface area contributed by atoms with Crippen LogP contribution in [-0.2, 0) is 4.79 Å². The van der Waals surface area contributed by atoms with E-state index in [1.54, 1.807) is 11.8 Å². The average Bonchev–Trinajstić information content (AvgIpc) is 2.20. The van der Waals surface area contributed by atoms with Gasteiger partial charge in [-0.05, 0) is 18.6 Å². The van der Waals surface area contributed by atoms with Crippen molar-refractivity contribution in [3.8, 4) is 0 Å². The maximum atomic E-state index is 10.7. The lowest BCUT2D eigenvalue weighted by Crippen LogP contribution is -2.14. The molecule has 1 aromatic rings. The maximum absolute atomic E-state index is 10.7. The van der Waals surface area contributed by atoms with Gasteiger partial charge >= 0.3 is 5.97 Å². The molecule has 0 radical (unpaired) electrons. The topological polar surface area (TPSA) is 37.3 Å². The molecule has 3 heteroatoms. The van der Waals surface area contributed by atoms with Crippen molar-refractivity contribution in [1.82, 2.24) is 0 Å². The van der Waals surface area contributed by atoms with Crippen molar-refractivity contribution >= 4 is 17.7 Å². The second kappa shape index (κ2) is 5.70. The highest BCUT2D eigenvalue weighted by molar-refractivity contribution is 7.99. The van der Waals surface area contributed by atoms with Crippen molar-refractivity contribution in [3.63, 3.8) is 0 Å². The molecule has 1 aromatic carbocycles. The van der Waals surface area contributed by atoms with Crippen LogP contribution in [0.2, 0.25) is 0 Å². The molecule has 0 aliphatic rings. The van der Waals surface area contributed by atoms with Gasteiger partial charge in [0.25, 0.3) is 0 Å². The molecule has 0 saturated carbocycles. The minimum absolute atomic E-state index is 0.236. The molecule has 0 aliphatic heterocycles. The van der Waals surface area contributed by atoms with Crippen LogP contribution in [0.4, 0.5) is 0 Å². The van der Waals surface area contributed by atoms with E-state index in [1.807, 2.05) is 37.3 Å². The van der Waals surface area contributed by atoms with E-state index in [0.29, 0.717) is 12.2 Å². The molecule has 1 rings (SSSR count). The van der Waals surface area contributed by atoms with Gasteiger partial charge in [-0.1, -0.05) is 25.1 Å². The summed E-state index contributed by atoms with van der Waals surface area (Å²) in [6, 6.07) is 9.88. The molecule has 0 bridgehead atoms. The molecule has 0 spiro atoms. The zero-order valence-electron chi connectivity index (χ0n) is 8.14. The van der Waals surface area contributed by atoms with E-state index >= 15 is 0 Å². The van der Waals surface area contributed by atoms with Crippen LogP contribution in [0.3, 0.4) is 0 Å². The van der Waals surface area contributed by atoms with Gasteiger partial charge in [-0.25, -0.2) is 0 Å². The number of benzene rings is 1. The van der Waals surface area contributed by atoms with Gasteiger partial charge in [-0.15, -0.1) is 11.8 Å². The first-order valence-corrected chi connectivity index (χ1v) is 5.63. The Morgan fingerprint density at radius 2 is 2.07 bits per heavy atom. The Morgan fingerprint density at radius 1 is 1.43 bits per heavy atom. The van der Waals surface area contributed by atoms with Gasteiger partial charge in [-0.2, -0.15) is 0 Å². The van der Waals surface area contributed by atoms with Crippen molar-refractivity contribution in [1.29, 1.82) is 0 Å². The van der Waals surface area contributed by atoms with Crippen molar-refractivity contribution in [2.75, 3.05) is 5.75 Å². The summed E-state index contributed by atoms with van der Waals surface area (Å²) >= 11 is 1.60. The van der Waals surface area contributed by atoms with Gasteiger partial charge in [0.05, 0.1) is 5.92 Å². The molecule has 0 amide bonds. The fraction of sp³-hybridized carbons (Fsp3) is 0.364. The van der Waals surface area contributed by atoms with Gasteiger partial charge in [0.15, 0.2) is 0 Å². The predicted molar refractivity (Wildman–Crippen MR) is 58.6 cm³/mol. The third-order valence-corrected chi connectivity index (χ3v) is 3.21. The zero-order chi connectivity index (χ0) is 10.4. The molecular formula is C11H14O2S. The van der Waals surface area contributed by atoms with E-state index in [1.165, 1.54) is 0 Å². The third-order valence-electron chi connectivity index (χ3n) is 2.04. The fourth-order valence-electron chi connectivity index (χ4n) is 1.08. The number of aliphatic carboxylic acids is 1. The van der Waals surface area contributed by atoms with Gasteiger partial charge < -0.3 is 5.11 Å². The van der Waals surface area contributed by atoms with E-state index in [0.717, 1.165) is 4.90 Å². The van der Waals surface area contributed by atoms with Crippen LogP contribution < -0.4 is 0 Å². The third kappa shape index (κ3) is 3.42. The number of thioether (sulfide) groups is 1. The lowest BCUT2D eigenvalue weighted by atomic mass is 10.1. The Bertz CT molecular complexity index is 285. The second-order valence-corrected chi connectivity index (χ2v) is 4.16. The molecule has 0 saturated heterocycles. The highest BCUT2D eigenvalue weighted by atomic mass is 32.2. The van der Waals surface area contributed by atoms with Crippen molar-refractivity contribution in [2.24, 2.45) is 5.92 Å². The summed E-state index contributed by atoms with van der Waals surface area (Å²) in [6.45, 7) is 1.91. The highest BCUT2D eigenvalue weighted by Gasteiger charge is 2.14. The lowest BCUT2D eigenvalue weighted by molar-refractivity contribution is -0.140. The fourth-order valence-corrected chi connectivity index (χ4v) is 2.20. The number of hydrogen-bond donors (Lipinski definition) is 1. The van der Waals surface area contributed by atoms with Crippen LogP contribution in [0, 0.1) is 5.92 Å². The van der Waals surface area contributed by atoms with Gasteiger partial charge in [0.1, 0.15) is 0 Å². The standard InChI is InChI=1S/C11H14O2S/c1-2-9(11(12)13)8-14-10-6-4-3-5-7-10/h3-7,9H,2,8H2,1H3,(H,12,13). The summed E-state index contributed by atoms with van der Waals surface area (Å²) in [6.07, 6.45) is 0.690. The summed E-state index contributed by atoms with van der Waals surface area (Å²) < 4.78 is 0.